The summed E-state index contributed by atoms with van der Waals surface area (Å²) in [7, 11) is 0. The van der Waals surface area contributed by atoms with Crippen molar-refractivity contribution >= 4 is 34.7 Å². The van der Waals surface area contributed by atoms with Crippen LogP contribution < -0.4 is 5.32 Å². The van der Waals surface area contributed by atoms with Crippen LogP contribution in [0.1, 0.15) is 52.5 Å². The van der Waals surface area contributed by atoms with Gasteiger partial charge in [-0.2, -0.15) is 0 Å². The van der Waals surface area contributed by atoms with E-state index < -0.39 is 34.6 Å². The molecule has 3 aliphatic rings. The van der Waals surface area contributed by atoms with Crippen LogP contribution in [-0.4, -0.2) is 46.0 Å². The van der Waals surface area contributed by atoms with Crippen LogP contribution in [0.25, 0.3) is 10.9 Å². The number of amides is 1. The molecule has 1 saturated heterocycles. The van der Waals surface area contributed by atoms with Gasteiger partial charge in [-0.05, 0) is 55.2 Å². The van der Waals surface area contributed by atoms with E-state index >= 15 is 0 Å². The van der Waals surface area contributed by atoms with Crippen LogP contribution in [0.4, 0.5) is 0 Å². The van der Waals surface area contributed by atoms with Crippen LogP contribution in [0.2, 0.25) is 0 Å². The molecule has 0 bridgehead atoms. The zero-order valence-electron chi connectivity index (χ0n) is 23.1. The summed E-state index contributed by atoms with van der Waals surface area (Å²) in [5.74, 6) is -2.36. The van der Waals surface area contributed by atoms with Gasteiger partial charge in [0.15, 0.2) is 5.78 Å². The summed E-state index contributed by atoms with van der Waals surface area (Å²) in [6.07, 6.45) is 8.17. The molecule has 5 rings (SSSR count). The number of hydrogen-bond donors (Lipinski definition) is 3. The maximum atomic E-state index is 14.3. The summed E-state index contributed by atoms with van der Waals surface area (Å²) in [5, 5.41) is 14.9. The number of aldehydes is 1. The highest BCUT2D eigenvalue weighted by Gasteiger charge is 2.74. The number of carbonyl (C=O) groups is 4. The Labute approximate surface area is 229 Å². The largest absolute Gasteiger partial charge is 0.385 e. The van der Waals surface area contributed by atoms with Crippen molar-refractivity contribution in [2.45, 2.75) is 65.5 Å². The Bertz CT molecular complexity index is 1390. The molecule has 2 aromatic rings. The summed E-state index contributed by atoms with van der Waals surface area (Å²) >= 11 is 0. The lowest BCUT2D eigenvalue weighted by atomic mass is 9.64. The van der Waals surface area contributed by atoms with Crippen LogP contribution in [0, 0.1) is 34.5 Å². The monoisotopic (exact) mass is 530 g/mol. The van der Waals surface area contributed by atoms with E-state index in [0.717, 1.165) is 22.8 Å². The first-order chi connectivity index (χ1) is 18.5. The average Bonchev–Trinajstić information content (AvgIpc) is 3.51. The first-order valence-corrected chi connectivity index (χ1v) is 14.0. The number of ketones is 2. The smallest absolute Gasteiger partial charge is 0.234 e. The maximum absolute atomic E-state index is 14.3. The molecule has 206 valence electrons. The van der Waals surface area contributed by atoms with Gasteiger partial charge in [0.1, 0.15) is 23.6 Å². The van der Waals surface area contributed by atoms with Crippen molar-refractivity contribution < 1.29 is 24.3 Å². The topological polar surface area (TPSA) is 116 Å². The number of aromatic nitrogens is 1. The predicted molar refractivity (Wildman–Crippen MR) is 149 cm³/mol. The maximum Gasteiger partial charge on any atom is 0.234 e. The number of nitrogens with one attached hydrogen (secondary N) is 2. The molecule has 0 radical (unpaired) electrons. The number of carbonyl (C=O) groups excluding carboxylic acids is 4. The number of allylic oxidation sites excluding steroid dienone is 3. The second-order valence-electron chi connectivity index (χ2n) is 12.1. The third kappa shape index (κ3) is 4.13. The van der Waals surface area contributed by atoms with Crippen molar-refractivity contribution in [2.75, 3.05) is 0 Å². The van der Waals surface area contributed by atoms with Crippen LogP contribution in [0.15, 0.2) is 54.3 Å². The normalized spacial score (nSPS) is 37.4. The number of benzene rings is 1. The molecule has 1 amide bonds. The minimum absolute atomic E-state index is 0.00828. The lowest BCUT2D eigenvalue weighted by Gasteiger charge is -2.34. The Morgan fingerprint density at radius 1 is 1.15 bits per heavy atom. The number of aromatic amines is 1. The molecule has 2 heterocycles. The Balaban J connectivity index is 1.61. The Kier molecular flexibility index (Phi) is 7.00. The fourth-order valence-electron chi connectivity index (χ4n) is 7.71. The minimum atomic E-state index is -1.45. The summed E-state index contributed by atoms with van der Waals surface area (Å²) in [6.45, 7) is 7.51. The van der Waals surface area contributed by atoms with Gasteiger partial charge >= 0.3 is 0 Å². The molecule has 3 N–H and O–H groups in total. The van der Waals surface area contributed by atoms with E-state index in [1.165, 1.54) is 0 Å². The van der Waals surface area contributed by atoms with E-state index in [-0.39, 0.29) is 42.4 Å². The van der Waals surface area contributed by atoms with Gasteiger partial charge in [0, 0.05) is 46.8 Å². The fourth-order valence-corrected chi connectivity index (χ4v) is 7.71. The van der Waals surface area contributed by atoms with E-state index in [4.69, 9.17) is 0 Å². The van der Waals surface area contributed by atoms with Gasteiger partial charge in [0.05, 0.1) is 0 Å². The second-order valence-corrected chi connectivity index (χ2v) is 12.1. The quantitative estimate of drug-likeness (QED) is 0.314. The van der Waals surface area contributed by atoms with Crippen LogP contribution >= 0.6 is 0 Å². The summed E-state index contributed by atoms with van der Waals surface area (Å²) < 4.78 is 0. The van der Waals surface area contributed by atoms with Crippen molar-refractivity contribution in [3.8, 4) is 0 Å². The molecule has 0 unspecified atom stereocenters. The van der Waals surface area contributed by atoms with Crippen molar-refractivity contribution in [2.24, 2.45) is 34.5 Å². The minimum Gasteiger partial charge on any atom is -0.385 e. The Morgan fingerprint density at radius 2 is 1.90 bits per heavy atom. The van der Waals surface area contributed by atoms with Crippen molar-refractivity contribution in [1.29, 1.82) is 0 Å². The zero-order valence-corrected chi connectivity index (χ0v) is 23.1. The molecule has 7 nitrogen and oxygen atoms in total. The lowest BCUT2D eigenvalue weighted by molar-refractivity contribution is -0.144. The molecule has 2 aliphatic carbocycles. The van der Waals surface area contributed by atoms with Gasteiger partial charge in [-0.3, -0.25) is 14.4 Å². The Morgan fingerprint density at radius 3 is 2.64 bits per heavy atom. The highest BCUT2D eigenvalue weighted by Crippen LogP contribution is 2.65. The van der Waals surface area contributed by atoms with Gasteiger partial charge in [-0.1, -0.05) is 57.2 Å². The molecule has 1 aromatic heterocycles. The first-order valence-electron chi connectivity index (χ1n) is 14.0. The van der Waals surface area contributed by atoms with Crippen molar-refractivity contribution in [3.05, 3.63) is 59.8 Å². The highest BCUT2D eigenvalue weighted by atomic mass is 16.3. The molecule has 2 fully saturated rings. The molecule has 1 saturated carbocycles. The number of fused-ring (bicyclic) bond motifs is 1. The van der Waals surface area contributed by atoms with Crippen LogP contribution in [-0.2, 0) is 25.6 Å². The van der Waals surface area contributed by atoms with Crippen LogP contribution in [0.5, 0.6) is 0 Å². The van der Waals surface area contributed by atoms with Gasteiger partial charge in [0.25, 0.3) is 0 Å². The molecule has 1 spiro atoms. The molecule has 39 heavy (non-hydrogen) atoms. The van der Waals surface area contributed by atoms with Crippen LogP contribution in [0.3, 0.4) is 0 Å². The number of H-pyrrole nitrogens is 1. The number of para-hydroxylation sites is 1. The number of rotatable bonds is 3. The molecule has 1 aromatic carbocycles. The summed E-state index contributed by atoms with van der Waals surface area (Å²) in [4.78, 5) is 57.2. The van der Waals surface area contributed by atoms with Crippen molar-refractivity contribution in [3.63, 3.8) is 0 Å². The van der Waals surface area contributed by atoms with E-state index in [1.54, 1.807) is 6.92 Å². The SMILES string of the molecule is CC1=C[C@@H](C)CC=C[C@H]2[C@@](C)(C=O)[C@@H](C)[C@H]3[C@H](Cc4c[nH]c5ccccc45)NC(=O)[C@]32C(=O)CC[C@H](O)C1=O. The molecule has 7 heteroatoms. The number of Topliss-reactive ketones (excluding diaryl/α,β-unsaturated/α-hetero) is 2. The molecular formula is C32H38N2O5. The summed E-state index contributed by atoms with van der Waals surface area (Å²) in [5.41, 5.74) is 0.122. The van der Waals surface area contributed by atoms with Crippen molar-refractivity contribution in [1.82, 2.24) is 10.3 Å². The molecular weight excluding hydrogens is 492 g/mol. The third-order valence-corrected chi connectivity index (χ3v) is 9.87. The van der Waals surface area contributed by atoms with E-state index in [1.807, 2.05) is 69.5 Å². The third-order valence-electron chi connectivity index (χ3n) is 9.87. The average molecular weight is 531 g/mol. The van der Waals surface area contributed by atoms with E-state index in [2.05, 4.69) is 10.3 Å². The van der Waals surface area contributed by atoms with Gasteiger partial charge in [0.2, 0.25) is 5.91 Å². The highest BCUT2D eigenvalue weighted by molar-refractivity contribution is 6.10. The molecule has 1 aliphatic heterocycles. The summed E-state index contributed by atoms with van der Waals surface area (Å²) in [6, 6.07) is 7.62. The lowest BCUT2D eigenvalue weighted by Crippen LogP contribution is -2.48. The van der Waals surface area contributed by atoms with E-state index in [0.29, 0.717) is 18.4 Å². The standard InChI is InChI=1S/C32H38N2O5/c1-18-8-7-11-26-31(4,17-35)20(3)28-24(15-21-16-33-23-10-6-5-9-22(21)23)34-30(39)32(26,28)27(37)13-12-25(36)29(38)19(2)14-18/h5-7,9-11,14,16-18,20,24-26,28,33,36H,8,12-13,15H2,1-4H3,(H,34,39)/t18-,20-,24-,25-,26-,28-,31-,32+/m0/s1. The van der Waals surface area contributed by atoms with Gasteiger partial charge in [-0.25, -0.2) is 0 Å². The first kappa shape index (κ1) is 27.3. The van der Waals surface area contributed by atoms with E-state index in [9.17, 15) is 24.3 Å². The second kappa shape index (κ2) is 10.0. The number of aliphatic hydroxyl groups excluding tert-OH is 1. The van der Waals surface area contributed by atoms with Gasteiger partial charge in [-0.15, -0.1) is 0 Å². The van der Waals surface area contributed by atoms with Gasteiger partial charge < -0.3 is 20.2 Å². The zero-order chi connectivity index (χ0) is 28.1. The molecule has 8 atom stereocenters. The fraction of sp³-hybridized carbons (Fsp3) is 0.500. The number of hydrogen-bond acceptors (Lipinski definition) is 5. The number of aliphatic hydroxyl groups is 1. The predicted octanol–water partition coefficient (Wildman–Crippen LogP) is 4.10. The Hall–Kier alpha value is -3.32.